The molecule has 1 amide bonds. The molecule has 5 saturated heterocycles. The van der Waals surface area contributed by atoms with Gasteiger partial charge in [0, 0.05) is 50.4 Å². The summed E-state index contributed by atoms with van der Waals surface area (Å²) in [7, 11) is -0.0693. The first-order chi connectivity index (χ1) is 24.4. The number of hydrogen-bond donors (Lipinski definition) is 2. The van der Waals surface area contributed by atoms with Crippen LogP contribution in [0.15, 0.2) is 30.5 Å². The lowest BCUT2D eigenvalue weighted by molar-refractivity contribution is 0.0484. The number of phenolic OH excluding ortho intramolecular Hbond substituents is 1. The van der Waals surface area contributed by atoms with Gasteiger partial charge in [0.1, 0.15) is 52.6 Å². The lowest BCUT2D eigenvalue weighted by Crippen LogP contribution is -2.73. The molecule has 0 radical (unpaired) electrons. The molecule has 0 spiro atoms. The number of amides is 1. The standard InChI is InChI=1S/C35H35F2N7O6S/c1-4-22-25(36)7-6-19-12-21(45)13-23(28(19)22)30-29(37)31-24(14-38-30)32(43-15-26-39-27(16-43)51(26,47)48)41-33(40-31)50-18-35-9-5-11-44(35)20(8-10-35)17-49-34(46)42(2)3/h1,6-7,12-14,20,26-27,39,45H,5,8-11,15-18H2,2-3H3/t20-,26?,27?,35+/m1/s1. The van der Waals surface area contributed by atoms with Gasteiger partial charge in [-0.3, -0.25) is 15.2 Å². The van der Waals surface area contributed by atoms with E-state index >= 15 is 4.39 Å². The highest BCUT2D eigenvalue weighted by Crippen LogP contribution is 2.44. The van der Waals surface area contributed by atoms with E-state index in [1.54, 1.807) is 19.0 Å². The zero-order valence-corrected chi connectivity index (χ0v) is 28.7. The van der Waals surface area contributed by atoms with E-state index in [4.69, 9.17) is 20.9 Å². The molecule has 7 heterocycles. The van der Waals surface area contributed by atoms with Gasteiger partial charge >= 0.3 is 12.1 Å². The topological polar surface area (TPSA) is 150 Å². The van der Waals surface area contributed by atoms with Crippen molar-refractivity contribution in [2.45, 2.75) is 48.0 Å². The van der Waals surface area contributed by atoms with Crippen molar-refractivity contribution in [3.8, 4) is 35.4 Å². The first-order valence-electron chi connectivity index (χ1n) is 16.7. The number of hydrogen-bond acceptors (Lipinski definition) is 12. The average molecular weight is 720 g/mol. The Morgan fingerprint density at radius 3 is 2.71 bits per heavy atom. The quantitative estimate of drug-likeness (QED) is 0.270. The zero-order chi connectivity index (χ0) is 35.8. The minimum atomic E-state index is -3.33. The van der Waals surface area contributed by atoms with Crippen LogP contribution in [0.1, 0.15) is 31.2 Å². The van der Waals surface area contributed by atoms with Gasteiger partial charge in [-0.05, 0) is 55.8 Å². The third kappa shape index (κ3) is 5.37. The van der Waals surface area contributed by atoms with Crippen LogP contribution >= 0.6 is 0 Å². The summed E-state index contributed by atoms with van der Waals surface area (Å²) in [6, 6.07) is 5.20. The predicted molar refractivity (Wildman–Crippen MR) is 184 cm³/mol. The van der Waals surface area contributed by atoms with E-state index in [0.29, 0.717) is 5.39 Å². The van der Waals surface area contributed by atoms with Gasteiger partial charge in [0.25, 0.3) is 0 Å². The highest BCUT2D eigenvalue weighted by atomic mass is 32.2. The van der Waals surface area contributed by atoms with Gasteiger partial charge in [0.05, 0.1) is 16.5 Å². The second-order valence-corrected chi connectivity index (χ2v) is 16.1. The monoisotopic (exact) mass is 719 g/mol. The fourth-order valence-electron chi connectivity index (χ4n) is 8.04. The summed E-state index contributed by atoms with van der Waals surface area (Å²) in [5.74, 6) is 0.837. The number of benzene rings is 2. The van der Waals surface area contributed by atoms with Crippen molar-refractivity contribution in [2.24, 2.45) is 0 Å². The summed E-state index contributed by atoms with van der Waals surface area (Å²) in [6.45, 7) is 1.39. The van der Waals surface area contributed by atoms with Crippen LogP contribution < -0.4 is 15.0 Å². The maximum atomic E-state index is 16.9. The molecule has 5 aliphatic rings. The number of fused-ring (bicyclic) bond motifs is 5. The molecular weight excluding hydrogens is 684 g/mol. The summed E-state index contributed by atoms with van der Waals surface area (Å²) < 4.78 is 68.8. The number of ether oxygens (including phenoxy) is 2. The van der Waals surface area contributed by atoms with Gasteiger partial charge in [-0.25, -0.2) is 22.0 Å². The molecule has 5 aliphatic heterocycles. The molecule has 4 atom stereocenters. The lowest BCUT2D eigenvalue weighted by atomic mass is 9.95. The van der Waals surface area contributed by atoms with Crippen molar-refractivity contribution in [1.82, 2.24) is 30.1 Å². The van der Waals surface area contributed by atoms with Crippen LogP contribution in [0, 0.1) is 24.0 Å². The van der Waals surface area contributed by atoms with Crippen molar-refractivity contribution >= 4 is 43.4 Å². The van der Waals surface area contributed by atoms with Crippen LogP contribution in [0.5, 0.6) is 11.8 Å². The average Bonchev–Trinajstić information content (AvgIpc) is 3.69. The molecule has 5 fully saturated rings. The van der Waals surface area contributed by atoms with Crippen LogP contribution in [-0.2, 0) is 14.6 Å². The Balaban J connectivity index is 1.19. The third-order valence-electron chi connectivity index (χ3n) is 10.6. The smallest absolute Gasteiger partial charge is 0.409 e. The highest BCUT2D eigenvalue weighted by molar-refractivity contribution is 7.94. The molecule has 2 aromatic carbocycles. The van der Waals surface area contributed by atoms with Crippen molar-refractivity contribution in [1.29, 1.82) is 0 Å². The molecular formula is C35H35F2N7O6S. The maximum absolute atomic E-state index is 16.9. The summed E-state index contributed by atoms with van der Waals surface area (Å²) in [5.41, 5.74) is -0.772. The Morgan fingerprint density at radius 1 is 1.20 bits per heavy atom. The van der Waals surface area contributed by atoms with Gasteiger partial charge in [0.2, 0.25) is 0 Å². The highest BCUT2D eigenvalue weighted by Gasteiger charge is 2.52. The summed E-state index contributed by atoms with van der Waals surface area (Å²) >= 11 is 0. The number of anilines is 1. The van der Waals surface area contributed by atoms with Crippen molar-refractivity contribution < 1.29 is 36.6 Å². The summed E-state index contributed by atoms with van der Waals surface area (Å²) in [6.07, 6.45) is 10.00. The number of rotatable bonds is 7. The Bertz CT molecular complexity index is 2250. The van der Waals surface area contributed by atoms with E-state index in [9.17, 15) is 22.7 Å². The van der Waals surface area contributed by atoms with Crippen LogP contribution in [0.2, 0.25) is 0 Å². The SMILES string of the molecule is C#Cc1c(F)ccc2cc(O)cc(-c3ncc4c(N5CC6NC(C5)S6(=O)=O)nc(OC[C@@]56CCCN5[C@@H](COC(=O)N(C)C)CC6)nc4c3F)c12. The number of nitrogens with zero attached hydrogens (tertiary/aromatic N) is 6. The van der Waals surface area contributed by atoms with Gasteiger partial charge in [0.15, 0.2) is 15.7 Å². The molecule has 2 unspecified atom stereocenters. The molecule has 2 aromatic heterocycles. The Hall–Kier alpha value is -4.85. The number of sulfone groups is 1. The van der Waals surface area contributed by atoms with Gasteiger partial charge in [-0.15, -0.1) is 6.42 Å². The zero-order valence-electron chi connectivity index (χ0n) is 27.9. The van der Waals surface area contributed by atoms with Crippen molar-refractivity contribution in [3.63, 3.8) is 0 Å². The number of halogens is 2. The van der Waals surface area contributed by atoms with E-state index in [-0.39, 0.29) is 88.6 Å². The molecule has 16 heteroatoms. The number of carbonyl (C=O) groups excluding carboxylic acids is 1. The minimum absolute atomic E-state index is 0.0172. The fourth-order valence-corrected chi connectivity index (χ4v) is 9.69. The van der Waals surface area contributed by atoms with Crippen LogP contribution in [0.4, 0.5) is 19.4 Å². The Labute approximate surface area is 292 Å². The number of phenols is 1. The van der Waals surface area contributed by atoms with E-state index in [1.165, 1.54) is 35.4 Å². The largest absolute Gasteiger partial charge is 0.508 e. The lowest BCUT2D eigenvalue weighted by Gasteiger charge is -2.47. The third-order valence-corrected chi connectivity index (χ3v) is 12.8. The Morgan fingerprint density at radius 2 is 1.98 bits per heavy atom. The molecule has 2 bridgehead atoms. The summed E-state index contributed by atoms with van der Waals surface area (Å²) in [5, 5.41) is 12.8. The van der Waals surface area contributed by atoms with Crippen LogP contribution in [-0.4, -0.2) is 114 Å². The molecule has 9 rings (SSSR count). The number of piperazine rings is 1. The predicted octanol–water partition coefficient (Wildman–Crippen LogP) is 3.37. The van der Waals surface area contributed by atoms with E-state index in [2.05, 4.69) is 26.1 Å². The fraction of sp³-hybridized carbons (Fsp3) is 0.429. The number of terminal acetylenes is 1. The van der Waals surface area contributed by atoms with Crippen molar-refractivity contribution in [2.75, 3.05) is 51.8 Å². The molecule has 0 aliphatic carbocycles. The normalized spacial score (nSPS) is 25.0. The van der Waals surface area contributed by atoms with Crippen molar-refractivity contribution in [3.05, 3.63) is 47.7 Å². The molecule has 51 heavy (non-hydrogen) atoms. The second kappa shape index (κ2) is 12.1. The Kier molecular flexibility index (Phi) is 7.93. The second-order valence-electron chi connectivity index (χ2n) is 13.8. The first-order valence-corrected chi connectivity index (χ1v) is 18.3. The number of carbonyl (C=O) groups is 1. The number of nitrogens with one attached hydrogen (secondary N) is 1. The van der Waals surface area contributed by atoms with Gasteiger partial charge in [-0.2, -0.15) is 9.97 Å². The van der Waals surface area contributed by atoms with E-state index in [0.717, 1.165) is 32.2 Å². The molecule has 266 valence electrons. The van der Waals surface area contributed by atoms with Gasteiger partial charge < -0.3 is 24.4 Å². The molecule has 0 saturated carbocycles. The molecule has 4 aromatic rings. The first kappa shape index (κ1) is 33.3. The van der Waals surface area contributed by atoms with Gasteiger partial charge in [-0.1, -0.05) is 12.0 Å². The number of aromatic nitrogens is 3. The summed E-state index contributed by atoms with van der Waals surface area (Å²) in [4.78, 5) is 31.2. The number of pyridine rings is 1. The van der Waals surface area contributed by atoms with Crippen LogP contribution in [0.25, 0.3) is 32.9 Å². The maximum Gasteiger partial charge on any atom is 0.409 e. The molecule has 2 N–H and O–H groups in total. The number of aromatic hydroxyl groups is 1. The van der Waals surface area contributed by atoms with E-state index < -0.39 is 38.3 Å². The minimum Gasteiger partial charge on any atom is -0.508 e. The van der Waals surface area contributed by atoms with Crippen LogP contribution in [0.3, 0.4) is 0 Å². The molecule has 13 nitrogen and oxygen atoms in total. The van der Waals surface area contributed by atoms with E-state index in [1.807, 2.05) is 0 Å².